The van der Waals surface area contributed by atoms with Crippen molar-refractivity contribution in [3.05, 3.63) is 79.2 Å². The van der Waals surface area contributed by atoms with Crippen LogP contribution in [-0.4, -0.2) is 129 Å². The first-order valence-electron chi connectivity index (χ1n) is 29.4. The summed E-state index contributed by atoms with van der Waals surface area (Å²) in [6.07, 6.45) is -0.711. The molecule has 3 unspecified atom stereocenters. The summed E-state index contributed by atoms with van der Waals surface area (Å²) < 4.78 is 26.3. The van der Waals surface area contributed by atoms with E-state index in [0.717, 1.165) is 11.1 Å². The number of aliphatic carboxylic acids is 1. The molecule has 2 aromatic carbocycles. The number of hydrogen-bond donors (Lipinski definition) is 5. The first-order valence-corrected chi connectivity index (χ1v) is 29.4. The van der Waals surface area contributed by atoms with Crippen LogP contribution in [0.1, 0.15) is 169 Å². The molecule has 0 saturated carbocycles. The maximum absolute atomic E-state index is 13.7. The molecule has 1 aliphatic rings. The van der Waals surface area contributed by atoms with Gasteiger partial charge in [0.2, 0.25) is 11.8 Å². The van der Waals surface area contributed by atoms with Gasteiger partial charge in [0.15, 0.2) is 17.3 Å². The first kappa shape index (κ1) is 83.3. The fourth-order valence-electron chi connectivity index (χ4n) is 8.32. The third kappa shape index (κ3) is 31.4. The summed E-state index contributed by atoms with van der Waals surface area (Å²) in [5, 5.41) is 19.2. The maximum atomic E-state index is 13.7. The summed E-state index contributed by atoms with van der Waals surface area (Å²) in [4.78, 5) is 138. The molecule has 88 heavy (non-hydrogen) atoms. The smallest absolute Gasteiger partial charge is 0.408 e. The van der Waals surface area contributed by atoms with Crippen molar-refractivity contribution < 1.29 is 102 Å². The van der Waals surface area contributed by atoms with Gasteiger partial charge in [-0.25, -0.2) is 19.2 Å². The Balaban J connectivity index is 0. The van der Waals surface area contributed by atoms with E-state index in [1.54, 1.807) is 104 Å². The predicted molar refractivity (Wildman–Crippen MR) is 329 cm³/mol. The summed E-state index contributed by atoms with van der Waals surface area (Å²) in [7, 11) is 0. The van der Waals surface area contributed by atoms with E-state index in [0.29, 0.717) is 25.8 Å². The number of ether oxygens (including phenoxy) is 5. The number of carbonyl (C=O) groups is 11. The van der Waals surface area contributed by atoms with Gasteiger partial charge in [-0.05, 0) is 137 Å². The fourth-order valence-corrected chi connectivity index (χ4v) is 8.32. The van der Waals surface area contributed by atoms with E-state index >= 15 is 0 Å². The molecule has 0 radical (unpaired) electrons. The van der Waals surface area contributed by atoms with Crippen molar-refractivity contribution in [3.63, 3.8) is 0 Å². The van der Waals surface area contributed by atoms with Gasteiger partial charge in [0.1, 0.15) is 53.9 Å². The number of ketones is 3. The third-order valence-corrected chi connectivity index (χ3v) is 12.9. The molecule has 1 saturated heterocycles. The minimum absolute atomic E-state index is 0. The molecule has 5 amide bonds. The number of carboxylic acid groups (broad SMARTS) is 1. The molecular formula is C65H102N5O17Pd-. The van der Waals surface area contributed by atoms with Crippen LogP contribution in [0.3, 0.4) is 0 Å². The summed E-state index contributed by atoms with van der Waals surface area (Å²) in [5.74, 6) is -8.66. The molecular weight excluding hydrogens is 1230 g/mol. The summed E-state index contributed by atoms with van der Waals surface area (Å²) in [6.45, 7) is 34.7. The standard InChI is InChI=1S/C31H47N3O7.C20H29NO5.C13H23NO5.CH3.Pd/c1-19(2)17-23(28(37)34-16-12-15-24(34)29(38)40-18-22-13-10-9-11-14-22)32-27(36)21(5)26(35)25(20(3)4)33-30(39)41-31(6,7)8;1-13(2)16(21-19(24)26-20(4,5)6)17(22)14(3)18(23)25-12-15-10-8-7-9-11-15;1-7(2)9(10(15)8(3)11(16)17)14-12(18)19-13(4,5)6;;/h9-11,13-14,19-21,23-25H,12,15-18H2,1-8H3,(H,32,36)(H,33,39);7-11,13-14,16H,12H2,1-6H3,(H,21,24);7-9H,1-6H3,(H,14,18)(H,16,17);1H3;/q;;;-1;/t21?,23-,24-,25-;14?,16-;8?,9-;;/m000../s1. The molecule has 3 rings (SSSR count). The Bertz CT molecular complexity index is 2570. The normalized spacial score (nSPS) is 15.4. The number of Topliss-reactive ketones (excluding diaryl/α,β-unsaturated/α-hetero) is 3. The number of alkyl carbamates (subject to hydrolysis) is 3. The SMILES string of the molecule is CC(C(=O)O)C(=O)[C@@H](NC(=O)OC(C)(C)C)C(C)C.CC(C(=O)OCc1ccccc1)C(=O)[C@@H](NC(=O)OC(C)(C)C)C(C)C.CC(C)C[C@H](NC(=O)C(C)C(=O)[C@@H](NC(=O)OC(C)(C)C)C(C)C)C(=O)N1CCC[C@H]1C(=O)OCc1ccccc1.[CH3-].[Pd]. The van der Waals surface area contributed by atoms with Gasteiger partial charge in [0.05, 0.1) is 24.0 Å². The van der Waals surface area contributed by atoms with Crippen LogP contribution in [0.2, 0.25) is 0 Å². The Labute approximate surface area is 536 Å². The van der Waals surface area contributed by atoms with E-state index in [1.165, 1.54) is 25.7 Å². The van der Waals surface area contributed by atoms with E-state index < -0.39 is 124 Å². The van der Waals surface area contributed by atoms with Gasteiger partial charge >= 0.3 is 36.2 Å². The van der Waals surface area contributed by atoms with E-state index in [1.807, 2.05) is 74.5 Å². The van der Waals surface area contributed by atoms with E-state index in [2.05, 4.69) is 21.3 Å². The average molecular weight is 1330 g/mol. The number of hydrogen-bond acceptors (Lipinski definition) is 16. The molecule has 1 aliphatic heterocycles. The second-order valence-electron chi connectivity index (χ2n) is 25.9. The molecule has 0 spiro atoms. The Morgan fingerprint density at radius 2 is 0.875 bits per heavy atom. The predicted octanol–water partition coefficient (Wildman–Crippen LogP) is 9.76. The summed E-state index contributed by atoms with van der Waals surface area (Å²) >= 11 is 0. The average Bonchev–Trinajstić information content (AvgIpc) is 3.45. The topological polar surface area (TPSA) is 306 Å². The van der Waals surface area contributed by atoms with Gasteiger partial charge in [-0.3, -0.25) is 33.6 Å². The van der Waals surface area contributed by atoms with Crippen LogP contribution in [0.25, 0.3) is 0 Å². The Kier molecular flexibility index (Phi) is 36.6. The third-order valence-electron chi connectivity index (χ3n) is 12.9. The van der Waals surface area contributed by atoms with Crippen LogP contribution in [-0.2, 0) is 95.7 Å². The number of likely N-dealkylation sites (tertiary alicyclic amines) is 1. The van der Waals surface area contributed by atoms with Crippen LogP contribution in [0, 0.1) is 48.9 Å². The maximum Gasteiger partial charge on any atom is 0.408 e. The Morgan fingerprint density at radius 3 is 1.22 bits per heavy atom. The van der Waals surface area contributed by atoms with E-state index in [9.17, 15) is 52.7 Å². The number of amides is 5. The van der Waals surface area contributed by atoms with Crippen molar-refractivity contribution in [3.8, 4) is 0 Å². The van der Waals surface area contributed by atoms with Crippen LogP contribution in [0.4, 0.5) is 14.4 Å². The molecule has 0 bridgehead atoms. The van der Waals surface area contributed by atoms with Crippen molar-refractivity contribution in [1.82, 2.24) is 26.2 Å². The number of nitrogens with one attached hydrogen (secondary N) is 4. The molecule has 500 valence electrons. The fraction of sp³-hybridized carbons (Fsp3) is 0.631. The molecule has 1 fully saturated rings. The zero-order valence-electron chi connectivity index (χ0n) is 55.7. The zero-order valence-corrected chi connectivity index (χ0v) is 57.2. The summed E-state index contributed by atoms with van der Waals surface area (Å²) in [5.41, 5.74) is -0.403. The molecule has 0 aromatic heterocycles. The monoisotopic (exact) mass is 1330 g/mol. The van der Waals surface area contributed by atoms with Crippen molar-refractivity contribution in [2.75, 3.05) is 6.54 Å². The van der Waals surface area contributed by atoms with Crippen LogP contribution in [0.15, 0.2) is 60.7 Å². The molecule has 2 aromatic rings. The Hall–Kier alpha value is -6.73. The van der Waals surface area contributed by atoms with E-state index in [4.69, 9.17) is 28.8 Å². The van der Waals surface area contributed by atoms with Crippen molar-refractivity contribution in [2.24, 2.45) is 41.4 Å². The molecule has 1 heterocycles. The minimum Gasteiger partial charge on any atom is -0.481 e. The summed E-state index contributed by atoms with van der Waals surface area (Å²) in [6, 6.07) is 14.2. The van der Waals surface area contributed by atoms with Gasteiger partial charge in [0.25, 0.3) is 0 Å². The quantitative estimate of drug-likeness (QED) is 0.0215. The van der Waals surface area contributed by atoms with Crippen molar-refractivity contribution in [2.45, 2.75) is 218 Å². The second-order valence-corrected chi connectivity index (χ2v) is 25.9. The van der Waals surface area contributed by atoms with Crippen LogP contribution >= 0.6 is 0 Å². The molecule has 22 nitrogen and oxygen atoms in total. The Morgan fingerprint density at radius 1 is 0.523 bits per heavy atom. The van der Waals surface area contributed by atoms with Crippen molar-refractivity contribution in [1.29, 1.82) is 0 Å². The largest absolute Gasteiger partial charge is 0.481 e. The number of carbonyl (C=O) groups excluding carboxylic acids is 10. The molecule has 5 N–H and O–H groups in total. The van der Waals surface area contributed by atoms with Gasteiger partial charge < -0.3 is 62.4 Å². The first-order chi connectivity index (χ1) is 39.6. The van der Waals surface area contributed by atoms with Gasteiger partial charge in [-0.2, -0.15) is 0 Å². The van der Waals surface area contributed by atoms with Crippen molar-refractivity contribution >= 4 is 65.4 Å². The number of rotatable bonds is 24. The minimum atomic E-state index is -1.21. The second kappa shape index (κ2) is 38.6. The van der Waals surface area contributed by atoms with Gasteiger partial charge in [-0.1, -0.05) is 116 Å². The number of nitrogens with zero attached hydrogens (tertiary/aromatic N) is 1. The number of esters is 2. The number of benzene rings is 2. The molecule has 8 atom stereocenters. The van der Waals surface area contributed by atoms with Gasteiger partial charge in [0, 0.05) is 27.0 Å². The van der Waals surface area contributed by atoms with E-state index in [-0.39, 0.29) is 70.6 Å². The molecule has 23 heteroatoms. The van der Waals surface area contributed by atoms with Crippen LogP contribution in [0.5, 0.6) is 0 Å². The van der Waals surface area contributed by atoms with Crippen LogP contribution < -0.4 is 21.3 Å². The van der Waals surface area contributed by atoms with Gasteiger partial charge in [-0.15, -0.1) is 0 Å². The zero-order chi connectivity index (χ0) is 66.2. The number of carboxylic acids is 1. The molecule has 0 aliphatic carbocycles.